The van der Waals surface area contributed by atoms with Crippen LogP contribution in [0.4, 0.5) is 0 Å². The number of guanidine groups is 1. The van der Waals surface area contributed by atoms with E-state index in [1.165, 1.54) is 5.56 Å². The molecule has 0 amide bonds. The smallest absolute Gasteiger partial charge is 0.190 e. The summed E-state index contributed by atoms with van der Waals surface area (Å²) >= 11 is 0. The van der Waals surface area contributed by atoms with Crippen LogP contribution < -0.4 is 15.4 Å². The van der Waals surface area contributed by atoms with Gasteiger partial charge in [0.15, 0.2) is 5.96 Å². The van der Waals surface area contributed by atoms with E-state index in [1.807, 2.05) is 19.1 Å². The molecule has 1 aromatic rings. The zero-order valence-corrected chi connectivity index (χ0v) is 15.4. The van der Waals surface area contributed by atoms with Crippen LogP contribution in [0.15, 0.2) is 29.3 Å². The Morgan fingerprint density at radius 3 is 2.17 bits per heavy atom. The van der Waals surface area contributed by atoms with Gasteiger partial charge in [-0.2, -0.15) is 0 Å². The van der Waals surface area contributed by atoms with Crippen LogP contribution in [0.2, 0.25) is 0 Å². The third kappa shape index (κ3) is 10.1. The Labute approximate surface area is 146 Å². The van der Waals surface area contributed by atoms with Crippen molar-refractivity contribution in [3.8, 4) is 5.75 Å². The van der Waals surface area contributed by atoms with Crippen LogP contribution in [0.1, 0.15) is 38.2 Å². The van der Waals surface area contributed by atoms with E-state index >= 15 is 0 Å². The molecule has 0 aliphatic rings. The summed E-state index contributed by atoms with van der Waals surface area (Å²) in [6, 6.07) is 8.18. The average molecular weight is 335 g/mol. The summed E-state index contributed by atoms with van der Waals surface area (Å²) < 4.78 is 11.0. The molecule has 0 aliphatic carbocycles. The number of unbranched alkanes of at least 4 members (excludes halogenated alkanes) is 2. The first-order valence-corrected chi connectivity index (χ1v) is 8.98. The summed E-state index contributed by atoms with van der Waals surface area (Å²) in [5.74, 6) is 1.81. The predicted molar refractivity (Wildman–Crippen MR) is 101 cm³/mol. The highest BCUT2D eigenvalue weighted by molar-refractivity contribution is 5.79. The Balaban J connectivity index is 1.99. The summed E-state index contributed by atoms with van der Waals surface area (Å²) in [6.07, 6.45) is 4.24. The first-order chi connectivity index (χ1) is 11.8. The van der Waals surface area contributed by atoms with Gasteiger partial charge >= 0.3 is 0 Å². The van der Waals surface area contributed by atoms with Crippen LogP contribution in [-0.4, -0.2) is 45.9 Å². The zero-order valence-electron chi connectivity index (χ0n) is 15.4. The van der Waals surface area contributed by atoms with Crippen LogP contribution in [-0.2, 0) is 4.74 Å². The standard InChI is InChI=1S/C19H33N3O2/c1-4-23-15-7-5-13-21-19(20-3)22-14-6-8-16-24-18-11-9-17(2)10-12-18/h9-12H,4-8,13-16H2,1-3H3,(H2,20,21,22). The van der Waals surface area contributed by atoms with Gasteiger partial charge in [0.1, 0.15) is 5.75 Å². The van der Waals surface area contributed by atoms with Crippen molar-refractivity contribution >= 4 is 5.96 Å². The van der Waals surface area contributed by atoms with Gasteiger partial charge in [-0.3, -0.25) is 4.99 Å². The highest BCUT2D eigenvalue weighted by atomic mass is 16.5. The van der Waals surface area contributed by atoms with Gasteiger partial charge in [0.05, 0.1) is 6.61 Å². The lowest BCUT2D eigenvalue weighted by Gasteiger charge is -2.12. The van der Waals surface area contributed by atoms with Gasteiger partial charge in [0.25, 0.3) is 0 Å². The van der Waals surface area contributed by atoms with E-state index in [1.54, 1.807) is 7.05 Å². The van der Waals surface area contributed by atoms with Gasteiger partial charge in [0, 0.05) is 33.4 Å². The molecule has 0 bridgehead atoms. The molecule has 1 rings (SSSR count). The molecule has 0 atom stereocenters. The second kappa shape index (κ2) is 13.7. The molecule has 1 aromatic carbocycles. The van der Waals surface area contributed by atoms with Crippen LogP contribution in [0.25, 0.3) is 0 Å². The van der Waals surface area contributed by atoms with E-state index < -0.39 is 0 Å². The molecule has 0 fully saturated rings. The van der Waals surface area contributed by atoms with Gasteiger partial charge in [-0.05, 0) is 51.7 Å². The molecular weight excluding hydrogens is 302 g/mol. The maximum Gasteiger partial charge on any atom is 0.190 e. The van der Waals surface area contributed by atoms with Crippen molar-refractivity contribution < 1.29 is 9.47 Å². The van der Waals surface area contributed by atoms with Crippen LogP contribution in [0.5, 0.6) is 5.75 Å². The Hall–Kier alpha value is -1.75. The molecule has 136 valence electrons. The molecule has 0 aliphatic heterocycles. The Morgan fingerprint density at radius 2 is 1.58 bits per heavy atom. The Morgan fingerprint density at radius 1 is 0.958 bits per heavy atom. The minimum atomic E-state index is 0.744. The second-order valence-corrected chi connectivity index (χ2v) is 5.70. The van der Waals surface area contributed by atoms with Gasteiger partial charge in [-0.15, -0.1) is 0 Å². The minimum Gasteiger partial charge on any atom is -0.494 e. The van der Waals surface area contributed by atoms with Crippen molar-refractivity contribution in [3.05, 3.63) is 29.8 Å². The molecular formula is C19H33N3O2. The summed E-state index contributed by atoms with van der Waals surface area (Å²) in [7, 11) is 1.80. The lowest BCUT2D eigenvalue weighted by atomic mass is 10.2. The van der Waals surface area contributed by atoms with Gasteiger partial charge in [-0.25, -0.2) is 0 Å². The number of nitrogens with zero attached hydrogens (tertiary/aromatic N) is 1. The highest BCUT2D eigenvalue weighted by Crippen LogP contribution is 2.11. The quantitative estimate of drug-likeness (QED) is 0.350. The van der Waals surface area contributed by atoms with Crippen molar-refractivity contribution in [2.45, 2.75) is 39.5 Å². The van der Waals surface area contributed by atoms with Crippen molar-refractivity contribution in [2.75, 3.05) is 40.0 Å². The van der Waals surface area contributed by atoms with E-state index in [-0.39, 0.29) is 0 Å². The summed E-state index contributed by atoms with van der Waals surface area (Å²) in [6.45, 7) is 8.30. The molecule has 0 spiro atoms. The fraction of sp³-hybridized carbons (Fsp3) is 0.632. The average Bonchev–Trinajstić information content (AvgIpc) is 2.60. The van der Waals surface area contributed by atoms with Crippen LogP contribution in [0.3, 0.4) is 0 Å². The zero-order chi connectivity index (χ0) is 17.5. The highest BCUT2D eigenvalue weighted by Gasteiger charge is 1.98. The molecule has 24 heavy (non-hydrogen) atoms. The first-order valence-electron chi connectivity index (χ1n) is 8.98. The van der Waals surface area contributed by atoms with Crippen LogP contribution >= 0.6 is 0 Å². The molecule has 2 N–H and O–H groups in total. The fourth-order valence-electron chi connectivity index (χ4n) is 2.16. The topological polar surface area (TPSA) is 54.9 Å². The third-order valence-corrected chi connectivity index (χ3v) is 3.59. The lowest BCUT2D eigenvalue weighted by Crippen LogP contribution is -2.38. The summed E-state index contributed by atoms with van der Waals surface area (Å²) in [4.78, 5) is 4.23. The van der Waals surface area contributed by atoms with Gasteiger partial charge in [-0.1, -0.05) is 17.7 Å². The number of hydrogen-bond acceptors (Lipinski definition) is 3. The number of ether oxygens (including phenoxy) is 2. The molecule has 0 aromatic heterocycles. The third-order valence-electron chi connectivity index (χ3n) is 3.59. The monoisotopic (exact) mass is 335 g/mol. The number of aryl methyl sites for hydroxylation is 1. The molecule has 0 heterocycles. The van der Waals surface area contributed by atoms with E-state index in [4.69, 9.17) is 9.47 Å². The largest absolute Gasteiger partial charge is 0.494 e. The molecule has 0 radical (unpaired) electrons. The van der Waals surface area contributed by atoms with Gasteiger partial charge in [0.2, 0.25) is 0 Å². The molecule has 5 nitrogen and oxygen atoms in total. The number of aliphatic imine (C=N–C) groups is 1. The first kappa shape index (κ1) is 20.3. The normalized spacial score (nSPS) is 11.4. The lowest BCUT2D eigenvalue weighted by molar-refractivity contribution is 0.143. The maximum absolute atomic E-state index is 5.72. The minimum absolute atomic E-state index is 0.744. The fourth-order valence-corrected chi connectivity index (χ4v) is 2.16. The molecule has 0 saturated carbocycles. The van der Waals surface area contributed by atoms with Gasteiger partial charge < -0.3 is 20.1 Å². The van der Waals surface area contributed by atoms with E-state index in [2.05, 4.69) is 34.7 Å². The summed E-state index contributed by atoms with van der Waals surface area (Å²) in [5.41, 5.74) is 1.25. The SMILES string of the molecule is CCOCCCCNC(=NC)NCCCCOc1ccc(C)cc1. The van der Waals surface area contributed by atoms with E-state index in [0.29, 0.717) is 0 Å². The summed E-state index contributed by atoms with van der Waals surface area (Å²) in [5, 5.41) is 6.65. The van der Waals surface area contributed by atoms with Crippen molar-refractivity contribution in [1.82, 2.24) is 10.6 Å². The number of hydrogen-bond donors (Lipinski definition) is 2. The number of benzene rings is 1. The van der Waals surface area contributed by atoms with Crippen molar-refractivity contribution in [3.63, 3.8) is 0 Å². The predicted octanol–water partition coefficient (Wildman–Crippen LogP) is 3.14. The maximum atomic E-state index is 5.72. The molecule has 0 unspecified atom stereocenters. The van der Waals surface area contributed by atoms with Crippen molar-refractivity contribution in [2.24, 2.45) is 4.99 Å². The van der Waals surface area contributed by atoms with E-state index in [0.717, 1.165) is 70.3 Å². The second-order valence-electron chi connectivity index (χ2n) is 5.70. The Kier molecular flexibility index (Phi) is 11.6. The number of rotatable bonds is 12. The molecule has 0 saturated heterocycles. The van der Waals surface area contributed by atoms with E-state index in [9.17, 15) is 0 Å². The number of nitrogens with one attached hydrogen (secondary N) is 2. The Bertz CT molecular complexity index is 446. The van der Waals surface area contributed by atoms with Crippen LogP contribution in [0, 0.1) is 6.92 Å². The molecule has 5 heteroatoms. The van der Waals surface area contributed by atoms with Crippen molar-refractivity contribution in [1.29, 1.82) is 0 Å².